The minimum atomic E-state index is 0.356. The molecule has 3 aliphatic rings. The summed E-state index contributed by atoms with van der Waals surface area (Å²) in [6.07, 6.45) is 6.10. The number of hydrogen-bond acceptors (Lipinski definition) is 2. The van der Waals surface area contributed by atoms with Gasteiger partial charge < -0.3 is 4.74 Å². The highest BCUT2D eigenvalue weighted by Crippen LogP contribution is 2.52. The third kappa shape index (κ3) is 1.47. The van der Waals surface area contributed by atoms with E-state index in [0.29, 0.717) is 18.2 Å². The molecule has 2 heteroatoms. The lowest BCUT2D eigenvalue weighted by Crippen LogP contribution is -2.41. The second-order valence-electron chi connectivity index (χ2n) is 5.57. The van der Waals surface area contributed by atoms with Crippen LogP contribution in [0.3, 0.4) is 0 Å². The lowest BCUT2D eigenvalue weighted by molar-refractivity contribution is 0.0386. The third-order valence-corrected chi connectivity index (χ3v) is 4.63. The van der Waals surface area contributed by atoms with Gasteiger partial charge in [0.15, 0.2) is 0 Å². The Balaban J connectivity index is 1.62. The first-order valence-corrected chi connectivity index (χ1v) is 6.92. The number of ether oxygens (including phenoxy) is 1. The zero-order chi connectivity index (χ0) is 11.2. The van der Waals surface area contributed by atoms with Crippen LogP contribution in [0.1, 0.15) is 49.0 Å². The summed E-state index contributed by atoms with van der Waals surface area (Å²) in [5.41, 5.74) is 2.91. The molecule has 2 bridgehead atoms. The maximum absolute atomic E-state index is 6.17. The molecule has 17 heavy (non-hydrogen) atoms. The van der Waals surface area contributed by atoms with E-state index < -0.39 is 0 Å². The topological polar surface area (TPSA) is 12.5 Å². The van der Waals surface area contributed by atoms with E-state index in [1.807, 2.05) is 0 Å². The van der Waals surface area contributed by atoms with Crippen molar-refractivity contribution in [3.05, 3.63) is 35.4 Å². The molecule has 2 nitrogen and oxygen atoms in total. The molecule has 3 aliphatic heterocycles. The molecule has 0 aliphatic carbocycles. The summed E-state index contributed by atoms with van der Waals surface area (Å²) in [4.78, 5) is 2.67. The van der Waals surface area contributed by atoms with E-state index in [4.69, 9.17) is 4.74 Å². The minimum Gasteiger partial charge on any atom is -0.364 e. The van der Waals surface area contributed by atoms with E-state index >= 15 is 0 Å². The minimum absolute atomic E-state index is 0.356. The van der Waals surface area contributed by atoms with Gasteiger partial charge in [0.25, 0.3) is 0 Å². The Morgan fingerprint density at radius 3 is 2.59 bits per heavy atom. The molecule has 90 valence electrons. The largest absolute Gasteiger partial charge is 0.364 e. The molecule has 3 heterocycles. The van der Waals surface area contributed by atoms with Crippen molar-refractivity contribution in [3.8, 4) is 0 Å². The second-order valence-corrected chi connectivity index (χ2v) is 5.57. The van der Waals surface area contributed by atoms with Gasteiger partial charge in [0.1, 0.15) is 0 Å². The van der Waals surface area contributed by atoms with Crippen molar-refractivity contribution in [2.45, 2.75) is 43.9 Å². The van der Waals surface area contributed by atoms with Crippen molar-refractivity contribution in [3.63, 3.8) is 0 Å². The van der Waals surface area contributed by atoms with Gasteiger partial charge in [0.05, 0.1) is 12.2 Å². The quantitative estimate of drug-likeness (QED) is 0.734. The number of piperidine rings is 1. The molecule has 0 radical (unpaired) electrons. The molecule has 2 fully saturated rings. The Morgan fingerprint density at radius 1 is 1.00 bits per heavy atom. The summed E-state index contributed by atoms with van der Waals surface area (Å²) in [6.45, 7) is 2.55. The summed E-state index contributed by atoms with van der Waals surface area (Å²) in [5, 5.41) is 0. The maximum Gasteiger partial charge on any atom is 0.0993 e. The predicted octanol–water partition coefficient (Wildman–Crippen LogP) is 3.06. The van der Waals surface area contributed by atoms with Gasteiger partial charge in [-0.2, -0.15) is 0 Å². The van der Waals surface area contributed by atoms with Crippen LogP contribution in [0.2, 0.25) is 0 Å². The van der Waals surface area contributed by atoms with Crippen LogP contribution < -0.4 is 0 Å². The van der Waals surface area contributed by atoms with E-state index in [-0.39, 0.29) is 0 Å². The van der Waals surface area contributed by atoms with Crippen molar-refractivity contribution in [1.29, 1.82) is 0 Å². The van der Waals surface area contributed by atoms with E-state index in [1.165, 1.54) is 49.9 Å². The Morgan fingerprint density at radius 2 is 1.76 bits per heavy atom. The van der Waals surface area contributed by atoms with Crippen LogP contribution in [0, 0.1) is 0 Å². The number of hydrogen-bond donors (Lipinski definition) is 0. The first-order chi connectivity index (χ1) is 8.43. The molecule has 0 spiro atoms. The maximum atomic E-state index is 6.17. The standard InChI is InChI=1S/C15H19NO/c1-4-8-16(9-5-1)13-10-14-11-6-2-3-7-12(11)15(13)17-14/h2-3,6-7,13-15H,1,4-5,8-10H2/t13-,14+,15+/m1/s1. The summed E-state index contributed by atoms with van der Waals surface area (Å²) >= 11 is 0. The highest BCUT2D eigenvalue weighted by atomic mass is 16.5. The summed E-state index contributed by atoms with van der Waals surface area (Å²) in [7, 11) is 0. The SMILES string of the molecule is c1ccc2c(c1)[C@@H]1C[C@@H](N3CCCCC3)[C@H]2O1. The zero-order valence-corrected chi connectivity index (χ0v) is 10.1. The number of likely N-dealkylation sites (tertiary alicyclic amines) is 1. The highest BCUT2D eigenvalue weighted by molar-refractivity contribution is 5.38. The van der Waals surface area contributed by atoms with Gasteiger partial charge in [-0.25, -0.2) is 0 Å². The monoisotopic (exact) mass is 229 g/mol. The summed E-state index contributed by atoms with van der Waals surface area (Å²) in [6, 6.07) is 9.44. The molecule has 4 rings (SSSR count). The van der Waals surface area contributed by atoms with Crippen molar-refractivity contribution in [1.82, 2.24) is 4.90 Å². The molecule has 0 amide bonds. The van der Waals surface area contributed by atoms with E-state index in [0.717, 1.165) is 0 Å². The fourth-order valence-electron chi connectivity index (χ4n) is 3.80. The molecular formula is C15H19NO. The fraction of sp³-hybridized carbons (Fsp3) is 0.600. The van der Waals surface area contributed by atoms with Gasteiger partial charge >= 0.3 is 0 Å². The lowest BCUT2D eigenvalue weighted by atomic mass is 9.87. The van der Waals surface area contributed by atoms with Crippen LogP contribution in [0.4, 0.5) is 0 Å². The Hall–Kier alpha value is -0.860. The molecule has 0 aromatic heterocycles. The fourth-order valence-corrected chi connectivity index (χ4v) is 3.80. The van der Waals surface area contributed by atoms with Gasteiger partial charge in [0, 0.05) is 6.04 Å². The molecule has 1 aromatic carbocycles. The summed E-state index contributed by atoms with van der Waals surface area (Å²) in [5.74, 6) is 0. The van der Waals surface area contributed by atoms with Crippen LogP contribution >= 0.6 is 0 Å². The third-order valence-electron chi connectivity index (χ3n) is 4.63. The molecule has 0 unspecified atom stereocenters. The van der Waals surface area contributed by atoms with Crippen LogP contribution in [-0.4, -0.2) is 24.0 Å². The first kappa shape index (κ1) is 10.1. The average molecular weight is 229 g/mol. The smallest absolute Gasteiger partial charge is 0.0993 e. The number of benzene rings is 1. The van der Waals surface area contributed by atoms with Crippen LogP contribution in [-0.2, 0) is 4.74 Å². The first-order valence-electron chi connectivity index (χ1n) is 6.92. The molecule has 0 N–H and O–H groups in total. The van der Waals surface area contributed by atoms with E-state index in [9.17, 15) is 0 Å². The Bertz CT molecular complexity index is 425. The van der Waals surface area contributed by atoms with Crippen molar-refractivity contribution >= 4 is 0 Å². The van der Waals surface area contributed by atoms with Gasteiger partial charge in [-0.15, -0.1) is 0 Å². The second kappa shape index (κ2) is 3.82. The van der Waals surface area contributed by atoms with Gasteiger partial charge in [-0.1, -0.05) is 30.7 Å². The zero-order valence-electron chi connectivity index (χ0n) is 10.1. The molecular weight excluding hydrogens is 210 g/mol. The van der Waals surface area contributed by atoms with Gasteiger partial charge in [-0.3, -0.25) is 4.90 Å². The molecule has 3 atom stereocenters. The van der Waals surface area contributed by atoms with Gasteiger partial charge in [-0.05, 0) is 43.5 Å². The van der Waals surface area contributed by atoms with Crippen molar-refractivity contribution in [2.24, 2.45) is 0 Å². The highest BCUT2D eigenvalue weighted by Gasteiger charge is 2.47. The van der Waals surface area contributed by atoms with Crippen molar-refractivity contribution < 1.29 is 4.74 Å². The number of rotatable bonds is 1. The molecule has 0 saturated carbocycles. The number of nitrogens with zero attached hydrogens (tertiary/aromatic N) is 1. The molecule has 2 saturated heterocycles. The average Bonchev–Trinajstić information content (AvgIpc) is 2.99. The van der Waals surface area contributed by atoms with Crippen LogP contribution in [0.5, 0.6) is 0 Å². The van der Waals surface area contributed by atoms with Gasteiger partial charge in [0.2, 0.25) is 0 Å². The van der Waals surface area contributed by atoms with Crippen molar-refractivity contribution in [2.75, 3.05) is 13.1 Å². The summed E-state index contributed by atoms with van der Waals surface area (Å²) < 4.78 is 6.17. The lowest BCUT2D eigenvalue weighted by Gasteiger charge is -2.36. The predicted molar refractivity (Wildman–Crippen MR) is 66.8 cm³/mol. The van der Waals surface area contributed by atoms with E-state index in [2.05, 4.69) is 29.2 Å². The Kier molecular flexibility index (Phi) is 2.27. The van der Waals surface area contributed by atoms with Crippen LogP contribution in [0.25, 0.3) is 0 Å². The molecule has 1 aromatic rings. The van der Waals surface area contributed by atoms with Crippen LogP contribution in [0.15, 0.2) is 24.3 Å². The number of fused-ring (bicyclic) bond motifs is 5. The van der Waals surface area contributed by atoms with E-state index in [1.54, 1.807) is 0 Å². The Labute approximate surface area is 103 Å². The normalized spacial score (nSPS) is 36.1.